The van der Waals surface area contributed by atoms with Gasteiger partial charge in [-0.15, -0.1) is 0 Å². The molecule has 0 radical (unpaired) electrons. The molecule has 1 rings (SSSR count). The lowest BCUT2D eigenvalue weighted by Gasteiger charge is -1.90. The summed E-state index contributed by atoms with van der Waals surface area (Å²) in [5.41, 5.74) is 0. The van der Waals surface area contributed by atoms with Crippen molar-refractivity contribution in [2.75, 3.05) is 6.61 Å². The van der Waals surface area contributed by atoms with E-state index in [0.29, 0.717) is 5.92 Å². The Morgan fingerprint density at radius 1 is 1.56 bits per heavy atom. The van der Waals surface area contributed by atoms with E-state index in [2.05, 4.69) is 6.92 Å². The van der Waals surface area contributed by atoms with Gasteiger partial charge in [0.15, 0.2) is 0 Å². The van der Waals surface area contributed by atoms with Crippen LogP contribution in [0.3, 0.4) is 0 Å². The zero-order valence-corrected chi connectivity index (χ0v) is 6.42. The zero-order chi connectivity index (χ0) is 7.28. The van der Waals surface area contributed by atoms with Crippen LogP contribution in [-0.4, -0.2) is 18.7 Å². The lowest BCUT2D eigenvalue weighted by Crippen LogP contribution is -2.07. The maximum absolute atomic E-state index is 8.68. The Morgan fingerprint density at radius 2 is 2.11 bits per heavy atom. The van der Waals surface area contributed by atoms with Crippen molar-refractivity contribution in [3.8, 4) is 0 Å². The third-order valence-corrected chi connectivity index (χ3v) is 1.18. The molecule has 1 heterocycles. The molecule has 0 aromatic rings. The standard InChI is InChI=1S/C4H9BO2.C2H6/c1-4-2-5(6)7-3-4;1-2/h4,6H,2-3H2,1H3;1-2H3/t4-;/m0./s1. The maximum atomic E-state index is 8.68. The van der Waals surface area contributed by atoms with Crippen LogP contribution in [0, 0.1) is 5.92 Å². The molecular weight excluding hydrogens is 115 g/mol. The van der Waals surface area contributed by atoms with Crippen molar-refractivity contribution < 1.29 is 9.68 Å². The minimum Gasteiger partial charge on any atom is -0.427 e. The molecule has 0 aliphatic carbocycles. The van der Waals surface area contributed by atoms with Crippen LogP contribution in [0.4, 0.5) is 0 Å². The first kappa shape index (κ1) is 8.98. The summed E-state index contributed by atoms with van der Waals surface area (Å²) >= 11 is 0. The lowest BCUT2D eigenvalue weighted by atomic mass is 9.83. The van der Waals surface area contributed by atoms with E-state index in [4.69, 9.17) is 9.68 Å². The van der Waals surface area contributed by atoms with E-state index in [9.17, 15) is 0 Å². The van der Waals surface area contributed by atoms with Crippen LogP contribution in [0.1, 0.15) is 20.8 Å². The van der Waals surface area contributed by atoms with E-state index < -0.39 is 7.12 Å². The summed E-state index contributed by atoms with van der Waals surface area (Å²) in [6, 6.07) is 0. The molecule has 1 saturated heterocycles. The summed E-state index contributed by atoms with van der Waals surface area (Å²) in [7, 11) is -0.477. The molecule has 2 nitrogen and oxygen atoms in total. The Labute approximate surface area is 57.4 Å². The van der Waals surface area contributed by atoms with Gasteiger partial charge in [0.1, 0.15) is 0 Å². The third-order valence-electron chi connectivity index (χ3n) is 1.18. The van der Waals surface area contributed by atoms with Gasteiger partial charge in [-0.25, -0.2) is 0 Å². The highest BCUT2D eigenvalue weighted by Crippen LogP contribution is 2.13. The quantitative estimate of drug-likeness (QED) is 0.498. The smallest absolute Gasteiger partial charge is 0.427 e. The van der Waals surface area contributed by atoms with Crippen molar-refractivity contribution in [2.24, 2.45) is 5.92 Å². The largest absolute Gasteiger partial charge is 0.454 e. The molecule has 54 valence electrons. The predicted octanol–water partition coefficient (Wildman–Crippen LogP) is 1.16. The zero-order valence-electron chi connectivity index (χ0n) is 6.42. The van der Waals surface area contributed by atoms with Gasteiger partial charge in [-0.1, -0.05) is 20.8 Å². The van der Waals surface area contributed by atoms with Crippen LogP contribution >= 0.6 is 0 Å². The van der Waals surface area contributed by atoms with Crippen LogP contribution in [0.5, 0.6) is 0 Å². The summed E-state index contributed by atoms with van der Waals surface area (Å²) < 4.78 is 4.82. The number of hydrogen-bond donors (Lipinski definition) is 1. The molecule has 0 spiro atoms. The molecule has 1 aliphatic rings. The first-order valence-corrected chi connectivity index (χ1v) is 3.58. The van der Waals surface area contributed by atoms with Gasteiger partial charge >= 0.3 is 7.12 Å². The fraction of sp³-hybridized carbons (Fsp3) is 1.00. The van der Waals surface area contributed by atoms with Gasteiger partial charge < -0.3 is 9.68 Å². The summed E-state index contributed by atoms with van der Waals surface area (Å²) in [6.45, 7) is 6.79. The molecule has 3 heteroatoms. The monoisotopic (exact) mass is 130 g/mol. The van der Waals surface area contributed by atoms with Crippen LogP contribution < -0.4 is 0 Å². The molecule has 1 N–H and O–H groups in total. The average molecular weight is 130 g/mol. The fourth-order valence-electron chi connectivity index (χ4n) is 0.756. The minimum atomic E-state index is -0.477. The van der Waals surface area contributed by atoms with Crippen molar-refractivity contribution >= 4 is 7.12 Å². The van der Waals surface area contributed by atoms with E-state index in [1.807, 2.05) is 13.8 Å². The van der Waals surface area contributed by atoms with Crippen LogP contribution in [0.25, 0.3) is 0 Å². The highest BCUT2D eigenvalue weighted by molar-refractivity contribution is 6.43. The Bertz CT molecular complexity index is 60.1. The van der Waals surface area contributed by atoms with Gasteiger partial charge in [-0.3, -0.25) is 0 Å². The van der Waals surface area contributed by atoms with E-state index in [1.54, 1.807) is 0 Å². The topological polar surface area (TPSA) is 29.5 Å². The molecule has 1 aliphatic heterocycles. The molecular formula is C6H15BO2. The summed E-state index contributed by atoms with van der Waals surface area (Å²) in [4.78, 5) is 0. The van der Waals surface area contributed by atoms with E-state index in [1.165, 1.54) is 0 Å². The Kier molecular flexibility index (Phi) is 4.82. The third kappa shape index (κ3) is 3.54. The molecule has 0 bridgehead atoms. The van der Waals surface area contributed by atoms with Crippen molar-refractivity contribution in [1.82, 2.24) is 0 Å². The first-order chi connectivity index (χ1) is 4.29. The molecule has 9 heavy (non-hydrogen) atoms. The maximum Gasteiger partial charge on any atom is 0.454 e. The second kappa shape index (κ2) is 4.83. The van der Waals surface area contributed by atoms with E-state index >= 15 is 0 Å². The van der Waals surface area contributed by atoms with E-state index in [0.717, 1.165) is 12.9 Å². The number of rotatable bonds is 0. The van der Waals surface area contributed by atoms with Crippen LogP contribution in [-0.2, 0) is 4.65 Å². The van der Waals surface area contributed by atoms with Crippen molar-refractivity contribution in [2.45, 2.75) is 27.1 Å². The van der Waals surface area contributed by atoms with Gasteiger partial charge in [0.2, 0.25) is 0 Å². The number of hydrogen-bond acceptors (Lipinski definition) is 2. The van der Waals surface area contributed by atoms with Gasteiger partial charge in [0.25, 0.3) is 0 Å². The van der Waals surface area contributed by atoms with Crippen LogP contribution in [0.15, 0.2) is 0 Å². The first-order valence-electron chi connectivity index (χ1n) is 3.58. The molecule has 0 aromatic carbocycles. The highest BCUT2D eigenvalue weighted by atomic mass is 16.5. The Hall–Kier alpha value is -0.0151. The summed E-state index contributed by atoms with van der Waals surface area (Å²) in [5.74, 6) is 0.551. The predicted molar refractivity (Wildman–Crippen MR) is 39.2 cm³/mol. The van der Waals surface area contributed by atoms with Crippen LogP contribution in [0.2, 0.25) is 6.32 Å². The molecule has 0 amide bonds. The molecule has 0 saturated carbocycles. The molecule has 0 aromatic heterocycles. The van der Waals surface area contributed by atoms with Crippen molar-refractivity contribution in [1.29, 1.82) is 0 Å². The van der Waals surface area contributed by atoms with Crippen molar-refractivity contribution in [3.63, 3.8) is 0 Å². The SMILES string of the molecule is CC.C[C@@H]1COB(O)C1. The van der Waals surface area contributed by atoms with E-state index in [-0.39, 0.29) is 0 Å². The van der Waals surface area contributed by atoms with Gasteiger partial charge in [0, 0.05) is 6.61 Å². The second-order valence-electron chi connectivity index (χ2n) is 2.13. The van der Waals surface area contributed by atoms with Gasteiger partial charge in [0.05, 0.1) is 0 Å². The Balaban J connectivity index is 0.000000291. The normalized spacial score (nSPS) is 25.3. The minimum absolute atomic E-state index is 0.477. The summed E-state index contributed by atoms with van der Waals surface area (Å²) in [6.07, 6.45) is 0.806. The second-order valence-corrected chi connectivity index (χ2v) is 2.13. The lowest BCUT2D eigenvalue weighted by molar-refractivity contribution is 0.280. The average Bonchev–Trinajstić information content (AvgIpc) is 2.20. The highest BCUT2D eigenvalue weighted by Gasteiger charge is 2.24. The summed E-state index contributed by atoms with van der Waals surface area (Å²) in [5, 5.41) is 8.68. The van der Waals surface area contributed by atoms with Crippen molar-refractivity contribution in [3.05, 3.63) is 0 Å². The van der Waals surface area contributed by atoms with Gasteiger partial charge in [-0.2, -0.15) is 0 Å². The molecule has 0 unspecified atom stereocenters. The molecule has 1 atom stereocenters. The fourth-order valence-corrected chi connectivity index (χ4v) is 0.756. The Morgan fingerprint density at radius 3 is 2.22 bits per heavy atom. The molecule has 1 fully saturated rings. The van der Waals surface area contributed by atoms with Gasteiger partial charge in [-0.05, 0) is 12.2 Å².